The standard InChI is InChI=1S/C12H15N3O8S.C9H18O3/c13-24(20,21)9-1-2-11(10(5-9)15(18)19)23-7-8-6-22-4-3-14(8)12(16)17;1-9(2,3)8(10)7-6-11-4-5-12-7/h1-2,5,8H,3-4,6-7H2,(H,16,17)(H2,13,20,21);7-8,10H,4-6H2,1-3H3. The molecule has 0 bridgehead atoms. The summed E-state index contributed by atoms with van der Waals surface area (Å²) in [5.41, 5.74) is -0.717. The van der Waals surface area contributed by atoms with E-state index in [1.54, 1.807) is 0 Å². The van der Waals surface area contributed by atoms with Crippen LogP contribution in [0.3, 0.4) is 0 Å². The first-order chi connectivity index (χ1) is 16.7. The van der Waals surface area contributed by atoms with Crippen molar-refractivity contribution in [3.63, 3.8) is 0 Å². The highest BCUT2D eigenvalue weighted by Crippen LogP contribution is 2.30. The van der Waals surface area contributed by atoms with Crippen LogP contribution in [-0.2, 0) is 24.2 Å². The third-order valence-electron chi connectivity index (χ3n) is 5.44. The number of hydrogen-bond acceptors (Lipinski definition) is 10. The lowest BCUT2D eigenvalue weighted by Crippen LogP contribution is -2.50. The molecule has 2 saturated heterocycles. The summed E-state index contributed by atoms with van der Waals surface area (Å²) in [4.78, 5) is 22.1. The number of nitro benzene ring substituents is 1. The van der Waals surface area contributed by atoms with Gasteiger partial charge in [0, 0.05) is 12.6 Å². The molecule has 3 unspecified atom stereocenters. The van der Waals surface area contributed by atoms with Crippen LogP contribution in [0.25, 0.3) is 0 Å². The van der Waals surface area contributed by atoms with Gasteiger partial charge in [0.2, 0.25) is 10.0 Å². The monoisotopic (exact) mass is 535 g/mol. The van der Waals surface area contributed by atoms with Gasteiger partial charge >= 0.3 is 11.8 Å². The first-order valence-electron chi connectivity index (χ1n) is 11.1. The minimum atomic E-state index is -4.10. The van der Waals surface area contributed by atoms with Crippen molar-refractivity contribution in [2.75, 3.05) is 46.2 Å². The zero-order chi connectivity index (χ0) is 27.1. The molecule has 4 N–H and O–H groups in total. The van der Waals surface area contributed by atoms with Gasteiger partial charge in [0.05, 0.1) is 55.0 Å². The summed E-state index contributed by atoms with van der Waals surface area (Å²) in [5, 5.41) is 34.9. The van der Waals surface area contributed by atoms with Crippen LogP contribution < -0.4 is 9.88 Å². The zero-order valence-electron chi connectivity index (χ0n) is 20.4. The number of nitrogens with zero attached hydrogens (tertiary/aromatic N) is 2. The average molecular weight is 536 g/mol. The number of carbonyl (C=O) groups is 1. The molecule has 2 heterocycles. The third kappa shape index (κ3) is 8.53. The van der Waals surface area contributed by atoms with Crippen LogP contribution in [0.2, 0.25) is 0 Å². The highest BCUT2D eigenvalue weighted by molar-refractivity contribution is 7.89. The Balaban J connectivity index is 0.000000319. The molecule has 15 heteroatoms. The van der Waals surface area contributed by atoms with Crippen molar-refractivity contribution in [1.29, 1.82) is 0 Å². The van der Waals surface area contributed by atoms with Crippen LogP contribution in [0.5, 0.6) is 5.75 Å². The Morgan fingerprint density at radius 1 is 1.28 bits per heavy atom. The number of rotatable bonds is 6. The van der Waals surface area contributed by atoms with E-state index in [4.69, 9.17) is 29.2 Å². The van der Waals surface area contributed by atoms with Crippen LogP contribution >= 0.6 is 0 Å². The Bertz CT molecular complexity index is 1010. The summed E-state index contributed by atoms with van der Waals surface area (Å²) in [6, 6.07) is 2.34. The highest BCUT2D eigenvalue weighted by Gasteiger charge is 2.32. The Morgan fingerprint density at radius 2 is 1.94 bits per heavy atom. The Kier molecular flexibility index (Phi) is 10.4. The molecule has 0 spiro atoms. The van der Waals surface area contributed by atoms with Crippen LogP contribution in [0.15, 0.2) is 23.1 Å². The molecule has 2 aliphatic heterocycles. The van der Waals surface area contributed by atoms with Crippen molar-refractivity contribution in [3.8, 4) is 5.75 Å². The molecule has 1 aromatic carbocycles. The van der Waals surface area contributed by atoms with Crippen molar-refractivity contribution in [3.05, 3.63) is 28.3 Å². The normalized spacial score (nSPS) is 21.6. The van der Waals surface area contributed by atoms with E-state index in [9.17, 15) is 28.4 Å². The van der Waals surface area contributed by atoms with Crippen molar-refractivity contribution in [2.24, 2.45) is 10.6 Å². The number of aliphatic hydroxyl groups is 1. The second-order valence-corrected chi connectivity index (χ2v) is 10.8. The molecule has 2 fully saturated rings. The molecule has 0 aromatic heterocycles. The largest absolute Gasteiger partial charge is 0.485 e. The van der Waals surface area contributed by atoms with E-state index in [-0.39, 0.29) is 43.6 Å². The summed E-state index contributed by atoms with van der Waals surface area (Å²) in [7, 11) is -4.10. The second kappa shape index (κ2) is 12.6. The maximum Gasteiger partial charge on any atom is 0.407 e. The molecule has 14 nitrogen and oxygen atoms in total. The smallest absolute Gasteiger partial charge is 0.407 e. The summed E-state index contributed by atoms with van der Waals surface area (Å²) >= 11 is 0. The molecule has 36 heavy (non-hydrogen) atoms. The van der Waals surface area contributed by atoms with Gasteiger partial charge in [0.25, 0.3) is 0 Å². The molecule has 1 amide bonds. The quantitative estimate of drug-likeness (QED) is 0.344. The van der Waals surface area contributed by atoms with E-state index in [0.717, 1.165) is 23.1 Å². The molecule has 0 radical (unpaired) electrons. The maximum atomic E-state index is 11.3. The van der Waals surface area contributed by atoms with Gasteiger partial charge in [-0.15, -0.1) is 0 Å². The van der Waals surface area contributed by atoms with Crippen LogP contribution in [-0.4, -0.2) is 99.0 Å². The van der Waals surface area contributed by atoms with Crippen molar-refractivity contribution >= 4 is 21.8 Å². The predicted molar refractivity (Wildman–Crippen MR) is 125 cm³/mol. The van der Waals surface area contributed by atoms with Gasteiger partial charge in [-0.3, -0.25) is 15.0 Å². The van der Waals surface area contributed by atoms with E-state index >= 15 is 0 Å². The Morgan fingerprint density at radius 3 is 2.47 bits per heavy atom. The summed E-state index contributed by atoms with van der Waals surface area (Å²) in [6.07, 6.45) is -1.75. The number of sulfonamides is 1. The molecule has 1 aromatic rings. The molecule has 3 atom stereocenters. The lowest BCUT2D eigenvalue weighted by atomic mass is 9.86. The summed E-state index contributed by atoms with van der Waals surface area (Å²) in [5.74, 6) is -0.191. The lowest BCUT2D eigenvalue weighted by molar-refractivity contribution is -0.386. The number of aliphatic hydroxyl groups excluding tert-OH is 1. The van der Waals surface area contributed by atoms with E-state index in [1.807, 2.05) is 20.8 Å². The minimum Gasteiger partial charge on any atom is -0.485 e. The fourth-order valence-electron chi connectivity index (χ4n) is 3.42. The molecular formula is C21H33N3O11S. The Hall–Kier alpha value is -2.56. The first kappa shape index (κ1) is 29.7. The molecular weight excluding hydrogens is 502 g/mol. The number of carboxylic acid groups (broad SMARTS) is 1. The maximum absolute atomic E-state index is 11.3. The van der Waals surface area contributed by atoms with Gasteiger partial charge in [-0.2, -0.15) is 0 Å². The molecule has 2 aliphatic rings. The second-order valence-electron chi connectivity index (χ2n) is 9.24. The SMILES string of the molecule is CC(C)(C)C(O)C1COCCO1.NS(=O)(=O)c1ccc(OCC2COCCN2C(=O)O)c([N+](=O)[O-])c1. The summed E-state index contributed by atoms with van der Waals surface area (Å²) in [6.45, 7) is 8.07. The van der Waals surface area contributed by atoms with Crippen LogP contribution in [0, 0.1) is 15.5 Å². The third-order valence-corrected chi connectivity index (χ3v) is 6.35. The molecule has 3 rings (SSSR count). The minimum absolute atomic E-state index is 0.0926. The van der Waals surface area contributed by atoms with Crippen molar-refractivity contribution in [1.82, 2.24) is 4.90 Å². The molecule has 204 valence electrons. The van der Waals surface area contributed by atoms with Crippen molar-refractivity contribution in [2.45, 2.75) is 43.9 Å². The fourth-order valence-corrected chi connectivity index (χ4v) is 3.95. The Labute approximate surface area is 209 Å². The molecule has 0 saturated carbocycles. The van der Waals surface area contributed by atoms with Crippen molar-refractivity contribution < 1.29 is 47.3 Å². The highest BCUT2D eigenvalue weighted by atomic mass is 32.2. The van der Waals surface area contributed by atoms with E-state index in [2.05, 4.69) is 0 Å². The number of hydrogen-bond donors (Lipinski definition) is 3. The molecule has 0 aliphatic carbocycles. The van der Waals surface area contributed by atoms with Gasteiger partial charge < -0.3 is 29.2 Å². The van der Waals surface area contributed by atoms with Crippen LogP contribution in [0.4, 0.5) is 10.5 Å². The predicted octanol–water partition coefficient (Wildman–Crippen LogP) is 0.809. The van der Waals surface area contributed by atoms with Gasteiger partial charge in [0.1, 0.15) is 12.7 Å². The fraction of sp³-hybridized carbons (Fsp3) is 0.667. The van der Waals surface area contributed by atoms with Gasteiger partial charge in [-0.1, -0.05) is 20.8 Å². The number of nitrogens with two attached hydrogens (primary N) is 1. The first-order valence-corrected chi connectivity index (χ1v) is 12.6. The van der Waals surface area contributed by atoms with Gasteiger partial charge in [-0.25, -0.2) is 18.4 Å². The number of nitro groups is 1. The zero-order valence-corrected chi connectivity index (χ0v) is 21.2. The van der Waals surface area contributed by atoms with Crippen LogP contribution in [0.1, 0.15) is 20.8 Å². The van der Waals surface area contributed by atoms with Gasteiger partial charge in [0.15, 0.2) is 5.75 Å². The topological polar surface area (TPSA) is 201 Å². The number of morpholine rings is 1. The number of ether oxygens (including phenoxy) is 4. The van der Waals surface area contributed by atoms with E-state index in [1.165, 1.54) is 0 Å². The van der Waals surface area contributed by atoms with Gasteiger partial charge in [-0.05, 0) is 17.5 Å². The summed E-state index contributed by atoms with van der Waals surface area (Å²) < 4.78 is 43.6. The number of amides is 1. The average Bonchev–Trinajstić information content (AvgIpc) is 2.82. The van der Waals surface area contributed by atoms with E-state index in [0.29, 0.717) is 19.8 Å². The number of benzene rings is 1. The number of primary sulfonamides is 1. The lowest BCUT2D eigenvalue weighted by Gasteiger charge is -2.34. The van der Waals surface area contributed by atoms with E-state index < -0.39 is 43.8 Å².